The average Bonchev–Trinajstić information content (AvgIpc) is 2.97. The summed E-state index contributed by atoms with van der Waals surface area (Å²) in [6.07, 6.45) is 0. The van der Waals surface area contributed by atoms with Gasteiger partial charge in [0.15, 0.2) is 0 Å². The van der Waals surface area contributed by atoms with Crippen LogP contribution in [-0.4, -0.2) is 17.4 Å². The van der Waals surface area contributed by atoms with Gasteiger partial charge in [-0.1, -0.05) is 70.5 Å². The lowest BCUT2D eigenvalue weighted by Crippen LogP contribution is -2.43. The molecule has 1 heterocycles. The van der Waals surface area contributed by atoms with Gasteiger partial charge in [-0.2, -0.15) is 0 Å². The van der Waals surface area contributed by atoms with Crippen molar-refractivity contribution in [2.75, 3.05) is 6.54 Å². The molecule has 3 aromatic rings. The first-order chi connectivity index (χ1) is 12.9. The molecule has 0 spiro atoms. The quantitative estimate of drug-likeness (QED) is 0.498. The van der Waals surface area contributed by atoms with E-state index in [9.17, 15) is 4.79 Å². The highest BCUT2D eigenvalue weighted by atomic mass is 79.9. The number of fused-ring (bicyclic) bond motifs is 1. The van der Waals surface area contributed by atoms with Crippen molar-refractivity contribution in [3.05, 3.63) is 87.9 Å². The van der Waals surface area contributed by atoms with Crippen molar-refractivity contribution in [1.29, 1.82) is 0 Å². The minimum atomic E-state index is -0.415. The Kier molecular flexibility index (Phi) is 4.43. The van der Waals surface area contributed by atoms with E-state index in [1.807, 2.05) is 47.4 Å². The number of carbonyl (C=O) groups is 1. The molecule has 0 unspecified atom stereocenters. The predicted octanol–water partition coefficient (Wildman–Crippen LogP) is 6.15. The number of hydrogen-bond donors (Lipinski definition) is 0. The smallest absolute Gasteiger partial charge is 0.255 e. The lowest BCUT2D eigenvalue weighted by atomic mass is 9.90. The molecule has 136 valence electrons. The monoisotopic (exact) mass is 419 g/mol. The third-order valence-corrected chi connectivity index (χ3v) is 6.19. The fourth-order valence-electron chi connectivity index (χ4n) is 3.90. The molecule has 0 radical (unpaired) electrons. The minimum absolute atomic E-state index is 0.105. The van der Waals surface area contributed by atoms with Gasteiger partial charge in [-0.3, -0.25) is 4.79 Å². The van der Waals surface area contributed by atoms with Gasteiger partial charge in [-0.25, -0.2) is 0 Å². The van der Waals surface area contributed by atoms with Crippen LogP contribution in [0.1, 0.15) is 31.9 Å². The van der Waals surface area contributed by atoms with E-state index < -0.39 is 5.54 Å². The van der Waals surface area contributed by atoms with Gasteiger partial charge in [0, 0.05) is 16.6 Å². The summed E-state index contributed by atoms with van der Waals surface area (Å²) in [7, 11) is 0. The van der Waals surface area contributed by atoms with Crippen LogP contribution in [0.5, 0.6) is 0 Å². The van der Waals surface area contributed by atoms with E-state index >= 15 is 0 Å². The van der Waals surface area contributed by atoms with E-state index in [-0.39, 0.29) is 5.91 Å². The van der Waals surface area contributed by atoms with Crippen molar-refractivity contribution in [3.63, 3.8) is 0 Å². The van der Waals surface area contributed by atoms with Gasteiger partial charge in [0.1, 0.15) is 0 Å². The van der Waals surface area contributed by atoms with E-state index in [0.29, 0.717) is 6.54 Å². The normalized spacial score (nSPS) is 15.1. The van der Waals surface area contributed by atoms with E-state index in [0.717, 1.165) is 26.7 Å². The SMILES string of the molecule is CC1=C(c2ccccc2)C(=O)N(C(C)(C)c2cc(Br)c3ccccc3c2)C1. The number of amides is 1. The summed E-state index contributed by atoms with van der Waals surface area (Å²) < 4.78 is 1.06. The standard InChI is InChI=1S/C24H22BrNO/c1-16-15-26(23(27)22(16)17-9-5-4-6-10-17)24(2,3)19-13-18-11-7-8-12-20(18)21(25)14-19/h4-14H,15H2,1-3H3. The number of benzene rings is 3. The predicted molar refractivity (Wildman–Crippen MR) is 115 cm³/mol. The zero-order chi connectivity index (χ0) is 19.2. The van der Waals surface area contributed by atoms with Gasteiger partial charge in [-0.05, 0) is 60.4 Å². The number of hydrogen-bond acceptors (Lipinski definition) is 1. The van der Waals surface area contributed by atoms with Crippen molar-refractivity contribution < 1.29 is 4.79 Å². The van der Waals surface area contributed by atoms with E-state index in [2.05, 4.69) is 61.0 Å². The number of nitrogens with zero attached hydrogens (tertiary/aromatic N) is 1. The molecule has 0 bridgehead atoms. The second-order valence-electron chi connectivity index (χ2n) is 7.65. The molecule has 3 heteroatoms. The molecule has 0 saturated carbocycles. The molecule has 0 saturated heterocycles. The van der Waals surface area contributed by atoms with E-state index in [1.165, 1.54) is 10.8 Å². The third kappa shape index (κ3) is 3.00. The maximum Gasteiger partial charge on any atom is 0.255 e. The van der Waals surface area contributed by atoms with Crippen LogP contribution in [0.15, 0.2) is 76.8 Å². The number of carbonyl (C=O) groups excluding carboxylic acids is 1. The molecule has 0 N–H and O–H groups in total. The summed E-state index contributed by atoms with van der Waals surface area (Å²) in [6.45, 7) is 6.97. The Labute approximate surface area is 168 Å². The Morgan fingerprint density at radius 3 is 2.37 bits per heavy atom. The van der Waals surface area contributed by atoms with Crippen molar-refractivity contribution in [2.24, 2.45) is 0 Å². The van der Waals surface area contributed by atoms with Crippen LogP contribution in [0.2, 0.25) is 0 Å². The molecule has 0 aromatic heterocycles. The molecule has 1 aliphatic heterocycles. The van der Waals surface area contributed by atoms with Crippen molar-refractivity contribution >= 4 is 38.2 Å². The summed E-state index contributed by atoms with van der Waals surface area (Å²) in [6, 6.07) is 22.6. The second kappa shape index (κ2) is 6.65. The van der Waals surface area contributed by atoms with Crippen LogP contribution in [0, 0.1) is 0 Å². The molecule has 4 rings (SSSR count). The maximum absolute atomic E-state index is 13.3. The Balaban J connectivity index is 1.75. The Hall–Kier alpha value is -2.39. The molecule has 0 aliphatic carbocycles. The third-order valence-electron chi connectivity index (χ3n) is 5.54. The molecule has 1 amide bonds. The Bertz CT molecular complexity index is 1070. The highest BCUT2D eigenvalue weighted by Gasteiger charge is 2.39. The van der Waals surface area contributed by atoms with Gasteiger partial charge >= 0.3 is 0 Å². The van der Waals surface area contributed by atoms with Gasteiger partial charge in [0.2, 0.25) is 0 Å². The van der Waals surface area contributed by atoms with Gasteiger partial charge < -0.3 is 4.90 Å². The zero-order valence-electron chi connectivity index (χ0n) is 15.8. The number of halogens is 1. The summed E-state index contributed by atoms with van der Waals surface area (Å²) in [5.74, 6) is 0.105. The molecule has 1 aliphatic rings. The van der Waals surface area contributed by atoms with Gasteiger partial charge in [0.25, 0.3) is 5.91 Å². The minimum Gasteiger partial charge on any atom is -0.325 e. The lowest BCUT2D eigenvalue weighted by Gasteiger charge is -2.37. The Morgan fingerprint density at radius 1 is 0.963 bits per heavy atom. The van der Waals surface area contributed by atoms with Gasteiger partial charge in [-0.15, -0.1) is 0 Å². The first kappa shape index (κ1) is 18.0. The van der Waals surface area contributed by atoms with Crippen LogP contribution in [0.25, 0.3) is 16.3 Å². The van der Waals surface area contributed by atoms with E-state index in [1.54, 1.807) is 0 Å². The summed E-state index contributed by atoms with van der Waals surface area (Å²) in [5.41, 5.74) is 3.67. The van der Waals surface area contributed by atoms with Crippen molar-refractivity contribution in [1.82, 2.24) is 4.90 Å². The largest absolute Gasteiger partial charge is 0.325 e. The van der Waals surface area contributed by atoms with Crippen LogP contribution in [0.4, 0.5) is 0 Å². The fraction of sp³-hybridized carbons (Fsp3) is 0.208. The fourth-order valence-corrected chi connectivity index (χ4v) is 4.51. The number of rotatable bonds is 3. The molecule has 2 nitrogen and oxygen atoms in total. The van der Waals surface area contributed by atoms with Crippen LogP contribution in [0.3, 0.4) is 0 Å². The highest BCUT2D eigenvalue weighted by Crippen LogP contribution is 2.39. The van der Waals surface area contributed by atoms with Crippen molar-refractivity contribution in [3.8, 4) is 0 Å². The first-order valence-corrected chi connectivity index (χ1v) is 9.95. The van der Waals surface area contributed by atoms with Crippen LogP contribution in [-0.2, 0) is 10.3 Å². The Morgan fingerprint density at radius 2 is 1.63 bits per heavy atom. The highest BCUT2D eigenvalue weighted by molar-refractivity contribution is 9.10. The van der Waals surface area contributed by atoms with Gasteiger partial charge in [0.05, 0.1) is 5.54 Å². The zero-order valence-corrected chi connectivity index (χ0v) is 17.4. The molecular formula is C24H22BrNO. The summed E-state index contributed by atoms with van der Waals surface area (Å²) in [5, 5.41) is 2.36. The molecule has 27 heavy (non-hydrogen) atoms. The molecule has 0 fully saturated rings. The van der Waals surface area contributed by atoms with Crippen molar-refractivity contribution in [2.45, 2.75) is 26.3 Å². The average molecular weight is 420 g/mol. The van der Waals surface area contributed by atoms with Crippen LogP contribution >= 0.6 is 15.9 Å². The lowest BCUT2D eigenvalue weighted by molar-refractivity contribution is -0.128. The molecular weight excluding hydrogens is 398 g/mol. The maximum atomic E-state index is 13.3. The molecule has 0 atom stereocenters. The second-order valence-corrected chi connectivity index (χ2v) is 8.51. The topological polar surface area (TPSA) is 20.3 Å². The van der Waals surface area contributed by atoms with Crippen LogP contribution < -0.4 is 0 Å². The first-order valence-electron chi connectivity index (χ1n) is 9.15. The van der Waals surface area contributed by atoms with E-state index in [4.69, 9.17) is 0 Å². The molecule has 3 aromatic carbocycles. The summed E-state index contributed by atoms with van der Waals surface area (Å²) in [4.78, 5) is 15.3. The summed E-state index contributed by atoms with van der Waals surface area (Å²) >= 11 is 3.71.